The third kappa shape index (κ3) is 4.33. The van der Waals surface area contributed by atoms with Crippen molar-refractivity contribution in [2.75, 3.05) is 10.8 Å². The number of aliphatic imine (C=N–C) groups is 1. The summed E-state index contributed by atoms with van der Waals surface area (Å²) in [5.41, 5.74) is 14.6. The van der Waals surface area contributed by atoms with Crippen molar-refractivity contribution in [3.05, 3.63) is 65.9 Å². The lowest BCUT2D eigenvalue weighted by atomic mass is 10.0. The number of hydrogen-bond donors (Lipinski definition) is 3. The molecule has 0 saturated carbocycles. The molecule has 0 amide bonds. The molecule has 0 radical (unpaired) electrons. The molecule has 2 atom stereocenters. The minimum absolute atomic E-state index is 0.0829. The summed E-state index contributed by atoms with van der Waals surface area (Å²) in [7, 11) is -4.11. The van der Waals surface area contributed by atoms with Crippen LogP contribution in [0.4, 0.5) is 24.7 Å². The minimum Gasteiger partial charge on any atom is -0.406 e. The molecule has 0 bridgehead atoms. The molecule has 5 N–H and O–H groups in total. The third-order valence-electron chi connectivity index (χ3n) is 6.18. The van der Waals surface area contributed by atoms with Gasteiger partial charge in [0, 0.05) is 12.6 Å². The lowest BCUT2D eigenvalue weighted by molar-refractivity contribution is -0.274. The Morgan fingerprint density at radius 2 is 1.83 bits per heavy atom. The van der Waals surface area contributed by atoms with Crippen LogP contribution >= 0.6 is 0 Å². The molecule has 0 saturated heterocycles. The van der Waals surface area contributed by atoms with E-state index >= 15 is 0 Å². The quantitative estimate of drug-likeness (QED) is 0.479. The highest BCUT2D eigenvalue weighted by Gasteiger charge is 2.37. The van der Waals surface area contributed by atoms with E-state index in [1.165, 1.54) is 4.31 Å². The molecule has 5 rings (SSSR count). The average molecular weight is 522 g/mol. The zero-order valence-corrected chi connectivity index (χ0v) is 19.5. The zero-order chi connectivity index (χ0) is 25.7. The molecule has 1 aromatic heterocycles. The van der Waals surface area contributed by atoms with Crippen LogP contribution in [0.3, 0.4) is 0 Å². The van der Waals surface area contributed by atoms with Crippen molar-refractivity contribution < 1.29 is 26.3 Å². The Morgan fingerprint density at radius 1 is 1.11 bits per heavy atom. The van der Waals surface area contributed by atoms with Crippen LogP contribution in [-0.2, 0) is 16.4 Å². The van der Waals surface area contributed by atoms with E-state index in [9.17, 15) is 21.6 Å². The van der Waals surface area contributed by atoms with Crippen molar-refractivity contribution >= 4 is 27.5 Å². The Morgan fingerprint density at radius 3 is 2.56 bits per heavy atom. The average Bonchev–Trinajstić information content (AvgIpc) is 3.19. The van der Waals surface area contributed by atoms with E-state index in [1.54, 1.807) is 29.3 Å². The number of aromatic amines is 1. The van der Waals surface area contributed by atoms with E-state index in [0.717, 1.165) is 29.8 Å². The molecular formula is C22H22F3N7O3S. The molecular weight excluding hydrogens is 499 g/mol. The van der Waals surface area contributed by atoms with Crippen molar-refractivity contribution in [1.29, 1.82) is 0 Å². The van der Waals surface area contributed by atoms with Gasteiger partial charge in [0.05, 0.1) is 22.3 Å². The van der Waals surface area contributed by atoms with E-state index < -0.39 is 28.3 Å². The molecule has 0 fully saturated rings. The Bertz CT molecular complexity index is 1410. The van der Waals surface area contributed by atoms with Crippen LogP contribution in [0.5, 0.6) is 5.75 Å². The SMILES string of the molecule is NC1=Nc2[nH]ncc2C(N)N1C1CCN(S(=O)(=O)c2ccc(OC(F)(F)F)cc2)c2ccccc2C1. The second-order valence-electron chi connectivity index (χ2n) is 8.37. The maximum absolute atomic E-state index is 13.6. The molecule has 36 heavy (non-hydrogen) atoms. The maximum Gasteiger partial charge on any atom is 0.573 e. The summed E-state index contributed by atoms with van der Waals surface area (Å²) in [5, 5.41) is 6.72. The van der Waals surface area contributed by atoms with E-state index in [-0.39, 0.29) is 23.4 Å². The van der Waals surface area contributed by atoms with E-state index in [4.69, 9.17) is 11.5 Å². The number of benzene rings is 2. The van der Waals surface area contributed by atoms with Gasteiger partial charge in [-0.2, -0.15) is 10.1 Å². The lowest BCUT2D eigenvalue weighted by Crippen LogP contribution is -2.52. The minimum atomic E-state index is -4.88. The number of nitrogens with zero attached hydrogens (tertiary/aromatic N) is 4. The van der Waals surface area contributed by atoms with Crippen LogP contribution in [0.1, 0.15) is 23.7 Å². The first-order valence-electron chi connectivity index (χ1n) is 10.9. The monoisotopic (exact) mass is 521 g/mol. The largest absolute Gasteiger partial charge is 0.573 e. The van der Waals surface area contributed by atoms with Gasteiger partial charge in [-0.3, -0.25) is 9.40 Å². The van der Waals surface area contributed by atoms with Crippen molar-refractivity contribution in [3.8, 4) is 5.75 Å². The molecule has 190 valence electrons. The number of ether oxygens (including phenoxy) is 1. The summed E-state index contributed by atoms with van der Waals surface area (Å²) in [5.74, 6) is 0.163. The Balaban J connectivity index is 1.46. The number of rotatable bonds is 4. The molecule has 10 nitrogen and oxygen atoms in total. The number of fused-ring (bicyclic) bond motifs is 2. The van der Waals surface area contributed by atoms with E-state index in [1.807, 2.05) is 6.07 Å². The highest BCUT2D eigenvalue weighted by molar-refractivity contribution is 7.92. The van der Waals surface area contributed by atoms with Gasteiger partial charge in [-0.25, -0.2) is 8.42 Å². The Kier molecular flexibility index (Phi) is 5.79. The molecule has 14 heteroatoms. The lowest BCUT2D eigenvalue weighted by Gasteiger charge is -2.38. The summed E-state index contributed by atoms with van der Waals surface area (Å²) < 4.78 is 69.8. The maximum atomic E-state index is 13.6. The van der Waals surface area contributed by atoms with Gasteiger partial charge in [-0.05, 0) is 48.7 Å². The number of sulfonamides is 1. The zero-order valence-electron chi connectivity index (χ0n) is 18.7. The van der Waals surface area contributed by atoms with E-state index in [0.29, 0.717) is 29.9 Å². The van der Waals surface area contributed by atoms with Gasteiger partial charge >= 0.3 is 6.36 Å². The molecule has 2 aliphatic heterocycles. The van der Waals surface area contributed by atoms with Gasteiger partial charge in [0.2, 0.25) is 0 Å². The van der Waals surface area contributed by atoms with Crippen LogP contribution in [0.2, 0.25) is 0 Å². The fourth-order valence-electron chi connectivity index (χ4n) is 4.57. The van der Waals surface area contributed by atoms with Crippen molar-refractivity contribution in [3.63, 3.8) is 0 Å². The number of halogens is 3. The van der Waals surface area contributed by atoms with Crippen LogP contribution in [0.25, 0.3) is 0 Å². The summed E-state index contributed by atoms with van der Waals surface area (Å²) in [4.78, 5) is 5.94. The molecule has 3 heterocycles. The first kappa shape index (κ1) is 23.9. The number of nitrogens with one attached hydrogen (secondary N) is 1. The Labute approximate surface area is 204 Å². The third-order valence-corrected chi connectivity index (χ3v) is 8.00. The second-order valence-corrected chi connectivity index (χ2v) is 10.2. The highest BCUT2D eigenvalue weighted by Crippen LogP contribution is 2.37. The van der Waals surface area contributed by atoms with Gasteiger partial charge in [-0.15, -0.1) is 13.2 Å². The van der Waals surface area contributed by atoms with Gasteiger partial charge in [0.15, 0.2) is 11.8 Å². The normalized spacial score (nSPS) is 20.3. The van der Waals surface area contributed by atoms with Crippen LogP contribution in [-0.4, -0.2) is 48.4 Å². The van der Waals surface area contributed by atoms with E-state index in [2.05, 4.69) is 19.9 Å². The molecule has 3 aromatic rings. The van der Waals surface area contributed by atoms with Crippen LogP contribution in [0.15, 0.2) is 64.6 Å². The van der Waals surface area contributed by atoms with Crippen molar-refractivity contribution in [2.24, 2.45) is 16.5 Å². The number of H-pyrrole nitrogens is 1. The van der Waals surface area contributed by atoms with Crippen LogP contribution in [0, 0.1) is 0 Å². The first-order chi connectivity index (χ1) is 17.0. The summed E-state index contributed by atoms with van der Waals surface area (Å²) in [6.07, 6.45) is -3.12. The fraction of sp³-hybridized carbons (Fsp3) is 0.273. The number of hydrogen-bond acceptors (Lipinski definition) is 8. The topological polar surface area (TPSA) is 143 Å². The second kappa shape index (κ2) is 8.71. The number of anilines is 1. The number of aromatic nitrogens is 2. The summed E-state index contributed by atoms with van der Waals surface area (Å²) >= 11 is 0. The fourth-order valence-corrected chi connectivity index (χ4v) is 6.09. The first-order valence-corrected chi connectivity index (χ1v) is 12.4. The molecule has 2 aliphatic rings. The van der Waals surface area contributed by atoms with Gasteiger partial charge in [-0.1, -0.05) is 18.2 Å². The predicted molar refractivity (Wildman–Crippen MR) is 125 cm³/mol. The number of para-hydroxylation sites is 1. The molecule has 2 aromatic carbocycles. The van der Waals surface area contributed by atoms with Gasteiger partial charge in [0.1, 0.15) is 11.9 Å². The standard InChI is InChI=1S/C22H22F3N7O3S/c23-22(24,25)35-15-5-7-16(8-6-15)36(33,34)31-10-9-14(11-13-3-1-2-4-18(13)31)32-19(26)17-12-28-30-20(17)29-21(32)27/h1-8,12,14,19H,9-11,26H2,(H3,27,28,29,30). The summed E-state index contributed by atoms with van der Waals surface area (Å²) in [6, 6.07) is 10.9. The Hall–Kier alpha value is -3.78. The molecule has 2 unspecified atom stereocenters. The number of alkyl halides is 3. The molecule has 0 aliphatic carbocycles. The van der Waals surface area contributed by atoms with Crippen molar-refractivity contribution in [2.45, 2.75) is 36.3 Å². The predicted octanol–water partition coefficient (Wildman–Crippen LogP) is 2.74. The van der Waals surface area contributed by atoms with Gasteiger partial charge < -0.3 is 21.1 Å². The molecule has 0 spiro atoms. The smallest absolute Gasteiger partial charge is 0.406 e. The highest BCUT2D eigenvalue weighted by atomic mass is 32.2. The summed E-state index contributed by atoms with van der Waals surface area (Å²) in [6.45, 7) is 0.0829. The number of guanidine groups is 1. The van der Waals surface area contributed by atoms with Crippen molar-refractivity contribution in [1.82, 2.24) is 15.1 Å². The van der Waals surface area contributed by atoms with Crippen LogP contribution < -0.4 is 20.5 Å². The number of nitrogens with two attached hydrogens (primary N) is 2. The van der Waals surface area contributed by atoms with Gasteiger partial charge in [0.25, 0.3) is 10.0 Å².